The molecule has 0 bridgehead atoms. The predicted octanol–water partition coefficient (Wildman–Crippen LogP) is 3.01. The maximum Gasteiger partial charge on any atom is 0.305 e. The molecule has 0 saturated heterocycles. The zero-order valence-electron chi connectivity index (χ0n) is 14.7. The lowest BCUT2D eigenvalue weighted by Gasteiger charge is -2.10. The highest BCUT2D eigenvalue weighted by Gasteiger charge is 2.14. The molecule has 0 spiro atoms. The van der Waals surface area contributed by atoms with Gasteiger partial charge in [0.15, 0.2) is 5.76 Å². The van der Waals surface area contributed by atoms with Crippen molar-refractivity contribution in [2.45, 2.75) is 0 Å². The van der Waals surface area contributed by atoms with Crippen LogP contribution in [0.2, 0.25) is 0 Å². The largest absolute Gasteiger partial charge is 0.459 e. The summed E-state index contributed by atoms with van der Waals surface area (Å²) in [4.78, 5) is 36.4. The molecule has 0 unspecified atom stereocenters. The Bertz CT molecular complexity index is 996. The number of para-hydroxylation sites is 1. The molecule has 0 atom stereocenters. The molecule has 28 heavy (non-hydrogen) atoms. The summed E-state index contributed by atoms with van der Waals surface area (Å²) in [7, 11) is 0. The zero-order valence-corrected chi connectivity index (χ0v) is 14.7. The van der Waals surface area contributed by atoms with E-state index in [1.807, 2.05) is 30.3 Å². The van der Waals surface area contributed by atoms with E-state index < -0.39 is 11.8 Å². The Morgan fingerprint density at radius 3 is 2.25 bits per heavy atom. The van der Waals surface area contributed by atoms with Gasteiger partial charge in [0, 0.05) is 6.08 Å². The molecular formula is C21H17N3O4. The molecule has 1 aromatic heterocycles. The van der Waals surface area contributed by atoms with Crippen LogP contribution in [0.4, 0.5) is 5.69 Å². The van der Waals surface area contributed by atoms with Gasteiger partial charge in [-0.1, -0.05) is 42.5 Å². The minimum Gasteiger partial charge on any atom is -0.459 e. The molecule has 0 fully saturated rings. The van der Waals surface area contributed by atoms with Crippen LogP contribution < -0.4 is 16.2 Å². The molecule has 3 rings (SSSR count). The topological polar surface area (TPSA) is 100 Å². The van der Waals surface area contributed by atoms with Gasteiger partial charge >= 0.3 is 5.91 Å². The number of furan rings is 1. The van der Waals surface area contributed by atoms with Crippen molar-refractivity contribution in [3.8, 4) is 0 Å². The molecule has 0 aliphatic carbocycles. The Hall–Kier alpha value is -4.13. The minimum absolute atomic E-state index is 0.0629. The van der Waals surface area contributed by atoms with E-state index in [1.54, 1.807) is 30.3 Å². The van der Waals surface area contributed by atoms with Crippen molar-refractivity contribution < 1.29 is 18.8 Å². The van der Waals surface area contributed by atoms with E-state index in [4.69, 9.17) is 4.42 Å². The lowest BCUT2D eigenvalue weighted by atomic mass is 10.1. The van der Waals surface area contributed by atoms with E-state index in [2.05, 4.69) is 16.2 Å². The number of carbonyl (C=O) groups excluding carboxylic acids is 3. The summed E-state index contributed by atoms with van der Waals surface area (Å²) in [6.07, 6.45) is 4.40. The van der Waals surface area contributed by atoms with Crippen molar-refractivity contribution in [3.63, 3.8) is 0 Å². The number of hydrogen-bond donors (Lipinski definition) is 3. The van der Waals surface area contributed by atoms with Crippen LogP contribution in [0.5, 0.6) is 0 Å². The average molecular weight is 375 g/mol. The van der Waals surface area contributed by atoms with Crippen LogP contribution in [-0.2, 0) is 4.79 Å². The van der Waals surface area contributed by atoms with Crippen LogP contribution >= 0.6 is 0 Å². The van der Waals surface area contributed by atoms with Gasteiger partial charge < -0.3 is 9.73 Å². The first-order chi connectivity index (χ1) is 13.6. The summed E-state index contributed by atoms with van der Waals surface area (Å²) in [6, 6.07) is 18.9. The number of hydrogen-bond acceptors (Lipinski definition) is 4. The van der Waals surface area contributed by atoms with Gasteiger partial charge in [-0.2, -0.15) is 0 Å². The van der Waals surface area contributed by atoms with E-state index in [0.717, 1.165) is 5.56 Å². The monoisotopic (exact) mass is 375 g/mol. The van der Waals surface area contributed by atoms with E-state index in [0.29, 0.717) is 5.69 Å². The van der Waals surface area contributed by atoms with Gasteiger partial charge in [0.05, 0.1) is 17.5 Å². The molecule has 7 nitrogen and oxygen atoms in total. The van der Waals surface area contributed by atoms with Gasteiger partial charge in [0.2, 0.25) is 5.91 Å². The number of hydrazine groups is 1. The van der Waals surface area contributed by atoms with Crippen LogP contribution in [0.15, 0.2) is 83.5 Å². The van der Waals surface area contributed by atoms with Crippen molar-refractivity contribution in [1.82, 2.24) is 10.9 Å². The highest BCUT2D eigenvalue weighted by atomic mass is 16.3. The fourth-order valence-electron chi connectivity index (χ4n) is 2.35. The molecule has 3 amide bonds. The van der Waals surface area contributed by atoms with Gasteiger partial charge in [-0.15, -0.1) is 0 Å². The van der Waals surface area contributed by atoms with Crippen LogP contribution in [0.1, 0.15) is 26.5 Å². The third kappa shape index (κ3) is 4.95. The Labute approximate surface area is 161 Å². The highest BCUT2D eigenvalue weighted by Crippen LogP contribution is 2.15. The molecule has 0 aliphatic heterocycles. The van der Waals surface area contributed by atoms with Crippen molar-refractivity contribution in [2.24, 2.45) is 0 Å². The summed E-state index contributed by atoms with van der Waals surface area (Å²) < 4.78 is 4.95. The van der Waals surface area contributed by atoms with E-state index >= 15 is 0 Å². The van der Waals surface area contributed by atoms with Gasteiger partial charge in [-0.05, 0) is 35.9 Å². The smallest absolute Gasteiger partial charge is 0.305 e. The first-order valence-corrected chi connectivity index (χ1v) is 8.41. The van der Waals surface area contributed by atoms with Gasteiger partial charge in [-0.25, -0.2) is 0 Å². The quantitative estimate of drug-likeness (QED) is 0.471. The number of anilines is 1. The maximum atomic E-state index is 12.4. The number of benzene rings is 2. The molecule has 0 aliphatic rings. The van der Waals surface area contributed by atoms with Crippen LogP contribution in [0.3, 0.4) is 0 Å². The summed E-state index contributed by atoms with van der Waals surface area (Å²) in [5.41, 5.74) is 5.93. The molecule has 3 N–H and O–H groups in total. The first-order valence-electron chi connectivity index (χ1n) is 8.41. The first kappa shape index (κ1) is 18.7. The van der Waals surface area contributed by atoms with Crippen LogP contribution in [0, 0.1) is 0 Å². The molecule has 0 radical (unpaired) electrons. The van der Waals surface area contributed by atoms with Crippen molar-refractivity contribution in [3.05, 3.63) is 96.0 Å². The van der Waals surface area contributed by atoms with Crippen molar-refractivity contribution in [2.75, 3.05) is 5.32 Å². The third-order valence-electron chi connectivity index (χ3n) is 3.69. The number of nitrogens with one attached hydrogen (secondary N) is 3. The standard InChI is InChI=1S/C21H17N3O4/c25-19(13-12-15-7-2-1-3-8-15)22-17-10-5-4-9-16(17)20(26)23-24-21(27)18-11-6-14-28-18/h1-14H,(H,22,25)(H,23,26)(H,24,27)/b13-12+. The lowest BCUT2D eigenvalue weighted by molar-refractivity contribution is -0.111. The van der Waals surface area contributed by atoms with Gasteiger partial charge in [0.1, 0.15) is 0 Å². The van der Waals surface area contributed by atoms with Crippen molar-refractivity contribution in [1.29, 1.82) is 0 Å². The Morgan fingerprint density at radius 1 is 0.786 bits per heavy atom. The molecule has 3 aromatic rings. The summed E-state index contributed by atoms with van der Waals surface area (Å²) >= 11 is 0. The Morgan fingerprint density at radius 2 is 1.50 bits per heavy atom. The maximum absolute atomic E-state index is 12.4. The second-order valence-electron chi connectivity index (χ2n) is 5.66. The average Bonchev–Trinajstić information content (AvgIpc) is 3.26. The second-order valence-corrected chi connectivity index (χ2v) is 5.66. The molecular weight excluding hydrogens is 358 g/mol. The summed E-state index contributed by atoms with van der Waals surface area (Å²) in [6.45, 7) is 0. The van der Waals surface area contributed by atoms with E-state index in [-0.39, 0.29) is 17.2 Å². The van der Waals surface area contributed by atoms with Crippen LogP contribution in [0.25, 0.3) is 6.08 Å². The van der Waals surface area contributed by atoms with E-state index in [1.165, 1.54) is 24.5 Å². The fourth-order valence-corrected chi connectivity index (χ4v) is 2.35. The van der Waals surface area contributed by atoms with Gasteiger partial charge in [0.25, 0.3) is 5.91 Å². The molecule has 1 heterocycles. The summed E-state index contributed by atoms with van der Waals surface area (Å²) in [5, 5.41) is 2.66. The Balaban J connectivity index is 1.63. The number of carbonyl (C=O) groups is 3. The lowest BCUT2D eigenvalue weighted by Crippen LogP contribution is -2.41. The predicted molar refractivity (Wildman–Crippen MR) is 104 cm³/mol. The summed E-state index contributed by atoms with van der Waals surface area (Å²) in [5.74, 6) is -1.50. The second kappa shape index (κ2) is 9.00. The normalized spacial score (nSPS) is 10.4. The fraction of sp³-hybridized carbons (Fsp3) is 0. The van der Waals surface area contributed by atoms with E-state index in [9.17, 15) is 14.4 Å². The Kier molecular flexibility index (Phi) is 5.99. The third-order valence-corrected chi connectivity index (χ3v) is 3.69. The molecule has 7 heteroatoms. The SMILES string of the molecule is O=C(/C=C/c1ccccc1)Nc1ccccc1C(=O)NNC(=O)c1ccco1. The molecule has 2 aromatic carbocycles. The van der Waals surface area contributed by atoms with Crippen molar-refractivity contribution >= 4 is 29.5 Å². The number of rotatable bonds is 5. The minimum atomic E-state index is -0.592. The zero-order chi connectivity index (χ0) is 19.8. The molecule has 140 valence electrons. The molecule has 0 saturated carbocycles. The highest BCUT2D eigenvalue weighted by molar-refractivity contribution is 6.08. The van der Waals surface area contributed by atoms with Crippen LogP contribution in [-0.4, -0.2) is 17.7 Å². The number of amides is 3. The van der Waals surface area contributed by atoms with Gasteiger partial charge in [-0.3, -0.25) is 25.2 Å².